The van der Waals surface area contributed by atoms with Crippen LogP contribution in [0.25, 0.3) is 0 Å². The molecule has 0 aliphatic carbocycles. The molecule has 0 atom stereocenters. The van der Waals surface area contributed by atoms with Crippen LogP contribution >= 0.6 is 11.6 Å². The summed E-state index contributed by atoms with van der Waals surface area (Å²) in [5.41, 5.74) is 2.69. The summed E-state index contributed by atoms with van der Waals surface area (Å²) in [7, 11) is 0. The van der Waals surface area contributed by atoms with Gasteiger partial charge in [0.2, 0.25) is 5.91 Å². The number of carbonyl (C=O) groups is 2. The van der Waals surface area contributed by atoms with Crippen LogP contribution in [0.3, 0.4) is 0 Å². The summed E-state index contributed by atoms with van der Waals surface area (Å²) in [6, 6.07) is 15.0. The predicted octanol–water partition coefficient (Wildman–Crippen LogP) is 3.18. The fourth-order valence-corrected chi connectivity index (χ4v) is 3.27. The summed E-state index contributed by atoms with van der Waals surface area (Å²) in [5.74, 6) is 0.107. The Balaban J connectivity index is 1.56. The van der Waals surface area contributed by atoms with Gasteiger partial charge in [0, 0.05) is 36.8 Å². The predicted molar refractivity (Wildman–Crippen MR) is 98.8 cm³/mol. The molecular formula is C20H21ClN2O2. The Morgan fingerprint density at radius 3 is 2.32 bits per heavy atom. The zero-order valence-corrected chi connectivity index (χ0v) is 15.0. The number of aryl methyl sites for hydroxylation is 1. The lowest BCUT2D eigenvalue weighted by molar-refractivity contribution is -0.131. The molecule has 4 nitrogen and oxygen atoms in total. The van der Waals surface area contributed by atoms with Gasteiger partial charge in [-0.3, -0.25) is 9.59 Å². The van der Waals surface area contributed by atoms with Gasteiger partial charge in [-0.2, -0.15) is 0 Å². The molecule has 3 rings (SSSR count). The van der Waals surface area contributed by atoms with E-state index in [1.807, 2.05) is 59.2 Å². The lowest BCUT2D eigenvalue weighted by atomic mass is 10.1. The first kappa shape index (κ1) is 17.5. The number of rotatable bonds is 3. The fourth-order valence-electron chi connectivity index (χ4n) is 3.05. The van der Waals surface area contributed by atoms with Gasteiger partial charge >= 0.3 is 0 Å². The third-order valence-corrected chi connectivity index (χ3v) is 4.66. The Morgan fingerprint density at radius 1 is 0.960 bits per heavy atom. The summed E-state index contributed by atoms with van der Waals surface area (Å²) in [4.78, 5) is 28.7. The Kier molecular flexibility index (Phi) is 5.39. The van der Waals surface area contributed by atoms with Gasteiger partial charge in [-0.25, -0.2) is 0 Å². The third kappa shape index (κ3) is 4.40. The van der Waals surface area contributed by atoms with Crippen molar-refractivity contribution < 1.29 is 9.59 Å². The van der Waals surface area contributed by atoms with E-state index in [1.165, 1.54) is 0 Å². The molecule has 1 saturated heterocycles. The average Bonchev–Trinajstić information content (AvgIpc) is 2.61. The van der Waals surface area contributed by atoms with Gasteiger partial charge < -0.3 is 9.80 Å². The Bertz CT molecular complexity index is 783. The fraction of sp³-hybridized carbons (Fsp3) is 0.300. The molecule has 0 radical (unpaired) electrons. The zero-order valence-electron chi connectivity index (χ0n) is 14.2. The van der Waals surface area contributed by atoms with Crippen molar-refractivity contribution in [1.82, 2.24) is 9.80 Å². The molecule has 1 fully saturated rings. The number of piperazine rings is 1. The molecule has 1 aliphatic rings. The number of amides is 2. The first-order chi connectivity index (χ1) is 12.0. The van der Waals surface area contributed by atoms with Crippen molar-refractivity contribution in [3.8, 4) is 0 Å². The molecule has 25 heavy (non-hydrogen) atoms. The van der Waals surface area contributed by atoms with Crippen molar-refractivity contribution in [1.29, 1.82) is 0 Å². The van der Waals surface area contributed by atoms with E-state index in [0.29, 0.717) is 43.2 Å². The van der Waals surface area contributed by atoms with Gasteiger partial charge in [0.25, 0.3) is 5.91 Å². The Hall–Kier alpha value is -2.33. The SMILES string of the molecule is Cc1cccc(C(=O)N2CCN(C(=O)Cc3cccc(Cl)c3)CC2)c1. The van der Waals surface area contributed by atoms with E-state index >= 15 is 0 Å². The maximum absolute atomic E-state index is 12.6. The van der Waals surface area contributed by atoms with E-state index < -0.39 is 0 Å². The highest BCUT2D eigenvalue weighted by Gasteiger charge is 2.24. The normalized spacial score (nSPS) is 14.5. The molecule has 0 aromatic heterocycles. The monoisotopic (exact) mass is 356 g/mol. The van der Waals surface area contributed by atoms with Crippen molar-refractivity contribution in [2.75, 3.05) is 26.2 Å². The van der Waals surface area contributed by atoms with Gasteiger partial charge in [0.15, 0.2) is 0 Å². The van der Waals surface area contributed by atoms with Gasteiger partial charge in [0.1, 0.15) is 0 Å². The first-order valence-electron chi connectivity index (χ1n) is 8.41. The van der Waals surface area contributed by atoms with Crippen molar-refractivity contribution in [2.45, 2.75) is 13.3 Å². The highest BCUT2D eigenvalue weighted by atomic mass is 35.5. The van der Waals surface area contributed by atoms with Crippen LogP contribution in [-0.4, -0.2) is 47.8 Å². The van der Waals surface area contributed by atoms with Crippen LogP contribution in [-0.2, 0) is 11.2 Å². The van der Waals surface area contributed by atoms with Crippen LogP contribution in [0.15, 0.2) is 48.5 Å². The standard InChI is InChI=1S/C20H21ClN2O2/c1-15-4-2-6-17(12-15)20(25)23-10-8-22(9-11-23)19(24)14-16-5-3-7-18(21)13-16/h2-7,12-13H,8-11,14H2,1H3. The largest absolute Gasteiger partial charge is 0.339 e. The minimum absolute atomic E-state index is 0.0330. The maximum atomic E-state index is 12.6. The molecule has 0 N–H and O–H groups in total. The number of carbonyl (C=O) groups excluding carboxylic acids is 2. The number of hydrogen-bond acceptors (Lipinski definition) is 2. The highest BCUT2D eigenvalue weighted by molar-refractivity contribution is 6.30. The van der Waals surface area contributed by atoms with Crippen molar-refractivity contribution >= 4 is 23.4 Å². The molecule has 1 heterocycles. The first-order valence-corrected chi connectivity index (χ1v) is 8.79. The number of halogens is 1. The molecule has 0 unspecified atom stereocenters. The third-order valence-electron chi connectivity index (χ3n) is 4.43. The molecular weight excluding hydrogens is 336 g/mol. The van der Waals surface area contributed by atoms with E-state index in [9.17, 15) is 9.59 Å². The van der Waals surface area contributed by atoms with Gasteiger partial charge in [-0.05, 0) is 36.8 Å². The molecule has 0 spiro atoms. The van der Waals surface area contributed by atoms with Crippen LogP contribution in [0, 0.1) is 6.92 Å². The van der Waals surface area contributed by atoms with E-state index in [0.717, 1.165) is 11.1 Å². The number of nitrogens with zero attached hydrogens (tertiary/aromatic N) is 2. The maximum Gasteiger partial charge on any atom is 0.253 e. The van der Waals surface area contributed by atoms with E-state index in [2.05, 4.69) is 0 Å². The molecule has 1 aliphatic heterocycles. The minimum Gasteiger partial charge on any atom is -0.339 e. The lowest BCUT2D eigenvalue weighted by Crippen LogP contribution is -2.51. The summed E-state index contributed by atoms with van der Waals surface area (Å²) in [6.07, 6.45) is 0.340. The second-order valence-electron chi connectivity index (χ2n) is 6.35. The molecule has 5 heteroatoms. The van der Waals surface area contributed by atoms with E-state index in [1.54, 1.807) is 6.07 Å². The smallest absolute Gasteiger partial charge is 0.253 e. The summed E-state index contributed by atoms with van der Waals surface area (Å²) < 4.78 is 0. The highest BCUT2D eigenvalue weighted by Crippen LogP contribution is 2.14. The summed E-state index contributed by atoms with van der Waals surface area (Å²) in [5, 5.41) is 0.638. The molecule has 2 aromatic rings. The van der Waals surface area contributed by atoms with Crippen molar-refractivity contribution in [3.63, 3.8) is 0 Å². The molecule has 0 saturated carbocycles. The lowest BCUT2D eigenvalue weighted by Gasteiger charge is -2.35. The molecule has 0 bridgehead atoms. The topological polar surface area (TPSA) is 40.6 Å². The van der Waals surface area contributed by atoms with E-state index in [4.69, 9.17) is 11.6 Å². The Morgan fingerprint density at radius 2 is 1.64 bits per heavy atom. The second kappa shape index (κ2) is 7.70. The molecule has 2 amide bonds. The van der Waals surface area contributed by atoms with E-state index in [-0.39, 0.29) is 11.8 Å². The molecule has 130 valence electrons. The zero-order chi connectivity index (χ0) is 17.8. The van der Waals surface area contributed by atoms with Gasteiger partial charge in [0.05, 0.1) is 6.42 Å². The van der Waals surface area contributed by atoms with Crippen molar-refractivity contribution in [3.05, 3.63) is 70.2 Å². The van der Waals surface area contributed by atoms with Crippen molar-refractivity contribution in [2.24, 2.45) is 0 Å². The minimum atomic E-state index is 0.0330. The van der Waals surface area contributed by atoms with Crippen LogP contribution in [0.4, 0.5) is 0 Å². The van der Waals surface area contributed by atoms with Gasteiger partial charge in [-0.15, -0.1) is 0 Å². The number of benzene rings is 2. The summed E-state index contributed by atoms with van der Waals surface area (Å²) >= 11 is 5.97. The van der Waals surface area contributed by atoms with Crippen LogP contribution in [0.2, 0.25) is 5.02 Å². The summed E-state index contributed by atoms with van der Waals surface area (Å²) in [6.45, 7) is 4.24. The quantitative estimate of drug-likeness (QED) is 0.847. The molecule has 2 aromatic carbocycles. The number of hydrogen-bond donors (Lipinski definition) is 0. The van der Waals surface area contributed by atoms with Crippen LogP contribution in [0.5, 0.6) is 0 Å². The van der Waals surface area contributed by atoms with Crippen LogP contribution < -0.4 is 0 Å². The van der Waals surface area contributed by atoms with Crippen LogP contribution in [0.1, 0.15) is 21.5 Å². The average molecular weight is 357 g/mol. The van der Waals surface area contributed by atoms with Gasteiger partial charge in [-0.1, -0.05) is 41.4 Å². The Labute approximate surface area is 153 Å². The second-order valence-corrected chi connectivity index (χ2v) is 6.79.